The van der Waals surface area contributed by atoms with Crippen LogP contribution in [0.25, 0.3) is 0 Å². The first-order valence-electron chi connectivity index (χ1n) is 8.23. The van der Waals surface area contributed by atoms with E-state index in [2.05, 4.69) is 79.3 Å². The summed E-state index contributed by atoms with van der Waals surface area (Å²) in [5, 5.41) is 0. The molecule has 0 saturated heterocycles. The third-order valence-electron chi connectivity index (χ3n) is 2.97. The Morgan fingerprint density at radius 1 is 0.667 bits per heavy atom. The van der Waals surface area contributed by atoms with Gasteiger partial charge in [-0.25, -0.2) is 0 Å². The molecule has 0 fully saturated rings. The summed E-state index contributed by atoms with van der Waals surface area (Å²) in [6.45, 7) is 28.2. The van der Waals surface area contributed by atoms with Crippen molar-refractivity contribution in [2.24, 2.45) is 0 Å². The van der Waals surface area contributed by atoms with Crippen LogP contribution in [-0.4, -0.2) is 38.6 Å². The van der Waals surface area contributed by atoms with E-state index in [1.165, 1.54) is 11.7 Å². The molecule has 0 aromatic rings. The highest BCUT2D eigenvalue weighted by Gasteiger charge is 2.40. The highest BCUT2D eigenvalue weighted by Crippen LogP contribution is 2.33. The minimum atomic E-state index is -1.55. The Morgan fingerprint density at radius 3 is 1.33 bits per heavy atom. The van der Waals surface area contributed by atoms with Crippen molar-refractivity contribution >= 4 is 33.0 Å². The lowest BCUT2D eigenvalue weighted by molar-refractivity contribution is 0.121. The van der Waals surface area contributed by atoms with E-state index in [0.29, 0.717) is 0 Å². The van der Waals surface area contributed by atoms with E-state index in [1.807, 2.05) is 0 Å². The van der Waals surface area contributed by atoms with Crippen molar-refractivity contribution in [2.75, 3.05) is 0 Å². The van der Waals surface area contributed by atoms with Gasteiger partial charge >= 0.3 is 0 Å². The SMILES string of the molecule is C.C.C.CC(C)(C[Si](C)(C)C[Si](C)(C)O[Si](C)(C)C)O[Si](C)(C)C. The van der Waals surface area contributed by atoms with Crippen LogP contribution in [-0.2, 0) is 8.54 Å². The normalized spacial score (nSPS) is 13.5. The Labute approximate surface area is 160 Å². The molecule has 0 spiro atoms. The number of rotatable bonds is 8. The summed E-state index contributed by atoms with van der Waals surface area (Å²) in [5.74, 6) is 0. The van der Waals surface area contributed by atoms with Crippen LogP contribution in [0.1, 0.15) is 36.1 Å². The molecule has 0 bridgehead atoms. The van der Waals surface area contributed by atoms with Crippen molar-refractivity contribution in [3.05, 3.63) is 0 Å². The lowest BCUT2D eigenvalue weighted by Gasteiger charge is -2.42. The lowest BCUT2D eigenvalue weighted by atomic mass is 10.2. The van der Waals surface area contributed by atoms with Crippen LogP contribution in [0, 0.1) is 0 Å². The summed E-state index contributed by atoms with van der Waals surface area (Å²) in [6.07, 6.45) is 0. The van der Waals surface area contributed by atoms with Gasteiger partial charge in [0.15, 0.2) is 25.0 Å². The number of hydrogen-bond acceptors (Lipinski definition) is 2. The van der Waals surface area contributed by atoms with Crippen molar-refractivity contribution in [3.8, 4) is 0 Å². The number of hydrogen-bond donors (Lipinski definition) is 0. The van der Waals surface area contributed by atoms with Crippen LogP contribution >= 0.6 is 0 Å². The first-order chi connectivity index (χ1) is 8.83. The molecule has 0 aromatic carbocycles. The maximum atomic E-state index is 6.56. The summed E-state index contributed by atoms with van der Waals surface area (Å²) in [5.41, 5.74) is 1.35. The van der Waals surface area contributed by atoms with E-state index in [1.54, 1.807) is 0 Å². The molecule has 0 amide bonds. The van der Waals surface area contributed by atoms with Gasteiger partial charge in [-0.05, 0) is 77.9 Å². The average Bonchev–Trinajstić information content (AvgIpc) is 1.83. The monoisotopic (exact) mass is 412 g/mol. The zero-order chi connectivity index (χ0) is 17.3. The van der Waals surface area contributed by atoms with Gasteiger partial charge in [-0.15, -0.1) is 0 Å². The Bertz CT molecular complexity index is 308. The van der Waals surface area contributed by atoms with Crippen LogP contribution in [0.3, 0.4) is 0 Å². The fourth-order valence-corrected chi connectivity index (χ4v) is 25.6. The second-order valence-electron chi connectivity index (χ2n) is 10.5. The third-order valence-corrected chi connectivity index (χ3v) is 17.8. The molecule has 0 atom stereocenters. The molecular formula is C18H52O2Si4. The molecule has 0 radical (unpaired) electrons. The molecule has 24 heavy (non-hydrogen) atoms. The Morgan fingerprint density at radius 2 is 1.04 bits per heavy atom. The quantitative estimate of drug-likeness (QED) is 0.378. The Balaban J connectivity index is -0.000000667. The predicted octanol–water partition coefficient (Wildman–Crippen LogP) is 7.83. The van der Waals surface area contributed by atoms with Gasteiger partial charge in [-0.3, -0.25) is 0 Å². The van der Waals surface area contributed by atoms with Crippen LogP contribution in [0.15, 0.2) is 0 Å². The molecule has 0 N–H and O–H groups in total. The molecule has 0 unspecified atom stereocenters. The van der Waals surface area contributed by atoms with E-state index in [0.717, 1.165) is 0 Å². The zero-order valence-electron chi connectivity index (χ0n) is 16.7. The van der Waals surface area contributed by atoms with Gasteiger partial charge in [0.05, 0.1) is 0 Å². The van der Waals surface area contributed by atoms with E-state index in [-0.39, 0.29) is 27.9 Å². The summed E-state index contributed by atoms with van der Waals surface area (Å²) in [4.78, 5) is 0. The van der Waals surface area contributed by atoms with Crippen molar-refractivity contribution in [2.45, 2.75) is 119 Å². The van der Waals surface area contributed by atoms with Crippen LogP contribution in [0.5, 0.6) is 0 Å². The van der Waals surface area contributed by atoms with Crippen molar-refractivity contribution < 1.29 is 8.54 Å². The molecule has 0 heterocycles. The van der Waals surface area contributed by atoms with E-state index in [9.17, 15) is 0 Å². The Hall–Kier alpha value is 0.788. The van der Waals surface area contributed by atoms with Gasteiger partial charge in [-0.1, -0.05) is 35.4 Å². The fraction of sp³-hybridized carbons (Fsp3) is 1.00. The second kappa shape index (κ2) is 10.2. The molecule has 0 aromatic heterocycles. The van der Waals surface area contributed by atoms with Crippen molar-refractivity contribution in [3.63, 3.8) is 0 Å². The van der Waals surface area contributed by atoms with E-state index >= 15 is 0 Å². The van der Waals surface area contributed by atoms with E-state index in [4.69, 9.17) is 8.54 Å². The topological polar surface area (TPSA) is 18.5 Å². The summed E-state index contributed by atoms with van der Waals surface area (Å²) in [7, 11) is -5.78. The molecule has 0 saturated carbocycles. The molecule has 0 aliphatic rings. The van der Waals surface area contributed by atoms with Crippen molar-refractivity contribution in [1.82, 2.24) is 0 Å². The summed E-state index contributed by atoms with van der Waals surface area (Å²) in [6, 6.07) is 1.23. The maximum absolute atomic E-state index is 6.56. The smallest absolute Gasteiger partial charge is 0.184 e. The van der Waals surface area contributed by atoms with Gasteiger partial charge in [0.2, 0.25) is 0 Å². The van der Waals surface area contributed by atoms with Gasteiger partial charge in [0, 0.05) is 13.7 Å². The summed E-state index contributed by atoms with van der Waals surface area (Å²) < 4.78 is 13.0. The summed E-state index contributed by atoms with van der Waals surface area (Å²) >= 11 is 0. The molecular weight excluding hydrogens is 361 g/mol. The highest BCUT2D eigenvalue weighted by atomic mass is 28.4. The van der Waals surface area contributed by atoms with Crippen molar-refractivity contribution in [1.29, 1.82) is 0 Å². The molecule has 0 aliphatic carbocycles. The van der Waals surface area contributed by atoms with Crippen LogP contribution < -0.4 is 0 Å². The van der Waals surface area contributed by atoms with Gasteiger partial charge in [0.25, 0.3) is 0 Å². The minimum absolute atomic E-state index is 0. The third kappa shape index (κ3) is 17.6. The van der Waals surface area contributed by atoms with E-state index < -0.39 is 33.0 Å². The standard InChI is InChI=1S/C15H40O2Si4.3CH4/c1-15(2,16-18(3,4)5)13-20(9,10)14-21(11,12)17-19(6,7)8;;;/h13-14H2,1-12H3;3*1H4. The molecule has 6 heteroatoms. The van der Waals surface area contributed by atoms with Crippen LogP contribution in [0.2, 0.25) is 77.2 Å². The van der Waals surface area contributed by atoms with Gasteiger partial charge in [0.1, 0.15) is 0 Å². The lowest BCUT2D eigenvalue weighted by Crippen LogP contribution is -2.51. The predicted molar refractivity (Wildman–Crippen MR) is 128 cm³/mol. The molecule has 2 nitrogen and oxygen atoms in total. The average molecular weight is 413 g/mol. The van der Waals surface area contributed by atoms with Gasteiger partial charge < -0.3 is 8.54 Å². The largest absolute Gasteiger partial charge is 0.456 e. The minimum Gasteiger partial charge on any atom is -0.456 e. The fourth-order valence-electron chi connectivity index (χ4n) is 4.10. The highest BCUT2D eigenvalue weighted by molar-refractivity contribution is 6.96. The molecule has 152 valence electrons. The molecule has 0 aliphatic heterocycles. The first kappa shape index (κ1) is 32.5. The van der Waals surface area contributed by atoms with Gasteiger partial charge in [-0.2, -0.15) is 0 Å². The first-order valence-corrected chi connectivity index (χ1v) is 21.6. The molecule has 0 rings (SSSR count). The van der Waals surface area contributed by atoms with Crippen LogP contribution in [0.4, 0.5) is 0 Å². The Kier molecular flexibility index (Phi) is 13.8. The second-order valence-corrected chi connectivity index (χ2v) is 29.6. The zero-order valence-corrected chi connectivity index (χ0v) is 20.7. The maximum Gasteiger partial charge on any atom is 0.184 e.